The van der Waals surface area contributed by atoms with Gasteiger partial charge in [0.05, 0.1) is 11.1 Å². The van der Waals surface area contributed by atoms with Crippen molar-refractivity contribution in [1.29, 1.82) is 0 Å². The Balaban J connectivity index is 1.78. The van der Waals surface area contributed by atoms with E-state index in [9.17, 15) is 19.2 Å². The Kier molecular flexibility index (Phi) is 8.75. The molecule has 0 aromatic heterocycles. The summed E-state index contributed by atoms with van der Waals surface area (Å²) in [6.45, 7) is 4.87. The van der Waals surface area contributed by atoms with E-state index in [1.807, 2.05) is 19.1 Å². The number of amides is 3. The van der Waals surface area contributed by atoms with Crippen LogP contribution in [0.3, 0.4) is 0 Å². The second-order valence-electron chi connectivity index (χ2n) is 7.88. The molecule has 2 aromatic carbocycles. The first kappa shape index (κ1) is 27.0. The molecule has 1 heterocycles. The number of hydrogen-bond acceptors (Lipinski definition) is 5. The highest BCUT2D eigenvalue weighted by Crippen LogP contribution is 2.46. The number of carbonyl (C=O) groups excluding carboxylic acids is 4. The van der Waals surface area contributed by atoms with Crippen LogP contribution in [0.15, 0.2) is 42.2 Å². The fraction of sp³-hybridized carbons (Fsp3) is 0.304. The van der Waals surface area contributed by atoms with Crippen molar-refractivity contribution >= 4 is 93.1 Å². The summed E-state index contributed by atoms with van der Waals surface area (Å²) >= 11 is 13.5. The second kappa shape index (κ2) is 11.0. The molecule has 1 N–H and O–H groups in total. The van der Waals surface area contributed by atoms with Crippen molar-refractivity contribution in [2.24, 2.45) is 5.92 Å². The summed E-state index contributed by atoms with van der Waals surface area (Å²) < 4.78 is 7.10. The van der Waals surface area contributed by atoms with E-state index in [1.165, 1.54) is 0 Å². The SMILES string of the molecule is CCc1ccc(NC(=O)COC(=O)C(C(C)C)N2C(=O)c3c(Br)c(Br)c(Br)c(Br)c3C2=O)cc1. The van der Waals surface area contributed by atoms with Crippen molar-refractivity contribution in [3.8, 4) is 0 Å². The van der Waals surface area contributed by atoms with E-state index >= 15 is 0 Å². The van der Waals surface area contributed by atoms with Crippen LogP contribution in [-0.2, 0) is 20.7 Å². The molecule has 0 radical (unpaired) electrons. The fourth-order valence-electron chi connectivity index (χ4n) is 3.54. The van der Waals surface area contributed by atoms with Crippen molar-refractivity contribution in [3.05, 3.63) is 58.8 Å². The lowest BCUT2D eigenvalue weighted by atomic mass is 10.0. The predicted molar refractivity (Wildman–Crippen MR) is 142 cm³/mol. The Labute approximate surface area is 230 Å². The van der Waals surface area contributed by atoms with E-state index in [-0.39, 0.29) is 11.1 Å². The second-order valence-corrected chi connectivity index (χ2v) is 11.1. The molecular formula is C23H20Br4N2O5. The number of aryl methyl sites for hydroxylation is 1. The van der Waals surface area contributed by atoms with E-state index in [4.69, 9.17) is 4.74 Å². The average molecular weight is 724 g/mol. The molecule has 7 nitrogen and oxygen atoms in total. The van der Waals surface area contributed by atoms with Gasteiger partial charge in [-0.2, -0.15) is 0 Å². The third kappa shape index (κ3) is 5.17. The molecule has 3 amide bonds. The first-order chi connectivity index (χ1) is 16.0. The topological polar surface area (TPSA) is 92.8 Å². The number of esters is 1. The zero-order valence-corrected chi connectivity index (χ0v) is 24.7. The third-order valence-electron chi connectivity index (χ3n) is 5.28. The molecule has 11 heteroatoms. The molecule has 0 fully saturated rings. The van der Waals surface area contributed by atoms with E-state index in [2.05, 4.69) is 69.0 Å². The van der Waals surface area contributed by atoms with Crippen molar-refractivity contribution in [1.82, 2.24) is 4.90 Å². The predicted octanol–water partition coefficient (Wildman–Crippen LogP) is 6.10. The number of carbonyl (C=O) groups is 4. The zero-order chi connectivity index (χ0) is 25.3. The summed E-state index contributed by atoms with van der Waals surface area (Å²) in [7, 11) is 0. The van der Waals surface area contributed by atoms with Crippen LogP contribution in [0.2, 0.25) is 0 Å². The Morgan fingerprint density at radius 2 is 1.41 bits per heavy atom. The number of ether oxygens (including phenoxy) is 1. The summed E-state index contributed by atoms with van der Waals surface area (Å²) in [4.78, 5) is 52.7. The van der Waals surface area contributed by atoms with Crippen molar-refractivity contribution in [3.63, 3.8) is 0 Å². The van der Waals surface area contributed by atoms with Gasteiger partial charge in [0.2, 0.25) is 0 Å². The summed E-state index contributed by atoms with van der Waals surface area (Å²) in [5, 5.41) is 2.66. The summed E-state index contributed by atoms with van der Waals surface area (Å²) in [6.07, 6.45) is 0.876. The molecule has 0 bridgehead atoms. The molecule has 0 saturated carbocycles. The molecule has 0 spiro atoms. The molecule has 180 valence electrons. The lowest BCUT2D eigenvalue weighted by Crippen LogP contribution is -2.49. The molecule has 1 unspecified atom stereocenters. The number of nitrogens with one attached hydrogen (secondary N) is 1. The number of nitrogens with zero attached hydrogens (tertiary/aromatic N) is 1. The Hall–Kier alpha value is -1.56. The van der Waals surface area contributed by atoms with Gasteiger partial charge in [0.1, 0.15) is 6.04 Å². The lowest BCUT2D eigenvalue weighted by Gasteiger charge is -2.27. The first-order valence-electron chi connectivity index (χ1n) is 10.3. The highest BCUT2D eigenvalue weighted by atomic mass is 79.9. The molecule has 0 saturated heterocycles. The lowest BCUT2D eigenvalue weighted by molar-refractivity contribution is -0.152. The van der Waals surface area contributed by atoms with E-state index < -0.39 is 42.3 Å². The minimum Gasteiger partial charge on any atom is -0.454 e. The van der Waals surface area contributed by atoms with E-state index in [0.717, 1.165) is 16.9 Å². The van der Waals surface area contributed by atoms with Crippen LogP contribution in [0, 0.1) is 5.92 Å². The number of rotatable bonds is 7. The maximum atomic E-state index is 13.3. The van der Waals surface area contributed by atoms with Gasteiger partial charge in [0, 0.05) is 23.6 Å². The van der Waals surface area contributed by atoms with Gasteiger partial charge in [0.15, 0.2) is 6.61 Å². The number of benzene rings is 2. The maximum Gasteiger partial charge on any atom is 0.330 e. The van der Waals surface area contributed by atoms with Crippen molar-refractivity contribution in [2.75, 3.05) is 11.9 Å². The summed E-state index contributed by atoms with van der Waals surface area (Å²) in [5.41, 5.74) is 1.98. The maximum absolute atomic E-state index is 13.3. The monoisotopic (exact) mass is 720 g/mol. The van der Waals surface area contributed by atoms with Crippen molar-refractivity contribution in [2.45, 2.75) is 33.2 Å². The van der Waals surface area contributed by atoms with Crippen LogP contribution >= 0.6 is 63.7 Å². The van der Waals surface area contributed by atoms with Gasteiger partial charge in [-0.15, -0.1) is 0 Å². The van der Waals surface area contributed by atoms with Gasteiger partial charge in [-0.25, -0.2) is 4.79 Å². The number of hydrogen-bond donors (Lipinski definition) is 1. The Morgan fingerprint density at radius 3 is 1.85 bits per heavy atom. The van der Waals surface area contributed by atoms with Gasteiger partial charge in [-0.05, 0) is 93.8 Å². The molecular weight excluding hydrogens is 704 g/mol. The first-order valence-corrected chi connectivity index (χ1v) is 13.5. The third-order valence-corrected chi connectivity index (χ3v) is 10.0. The quantitative estimate of drug-likeness (QED) is 0.161. The number of imide groups is 1. The van der Waals surface area contributed by atoms with Crippen LogP contribution in [0.4, 0.5) is 5.69 Å². The van der Waals surface area contributed by atoms with Crippen LogP contribution in [0.5, 0.6) is 0 Å². The fourth-order valence-corrected chi connectivity index (χ4v) is 5.99. The Morgan fingerprint density at radius 1 is 0.912 bits per heavy atom. The van der Waals surface area contributed by atoms with Crippen LogP contribution in [0.1, 0.15) is 47.1 Å². The molecule has 1 aliphatic heterocycles. The molecule has 2 aromatic rings. The van der Waals surface area contributed by atoms with Crippen LogP contribution in [-0.4, -0.2) is 41.2 Å². The van der Waals surface area contributed by atoms with E-state index in [1.54, 1.807) is 26.0 Å². The van der Waals surface area contributed by atoms with Gasteiger partial charge >= 0.3 is 5.97 Å². The minimum atomic E-state index is -1.21. The largest absolute Gasteiger partial charge is 0.454 e. The summed E-state index contributed by atoms with van der Waals surface area (Å²) in [6, 6.07) is 6.11. The minimum absolute atomic E-state index is 0.138. The van der Waals surface area contributed by atoms with Crippen molar-refractivity contribution < 1.29 is 23.9 Å². The average Bonchev–Trinajstić information content (AvgIpc) is 3.05. The van der Waals surface area contributed by atoms with Gasteiger partial charge in [-0.1, -0.05) is 32.9 Å². The highest BCUT2D eigenvalue weighted by Gasteiger charge is 2.47. The number of fused-ring (bicyclic) bond motifs is 1. The summed E-state index contributed by atoms with van der Waals surface area (Å²) in [5.74, 6) is -3.08. The number of halogens is 4. The molecule has 3 rings (SSSR count). The van der Waals surface area contributed by atoms with Crippen LogP contribution in [0.25, 0.3) is 0 Å². The highest BCUT2D eigenvalue weighted by molar-refractivity contribution is 9.15. The van der Waals surface area contributed by atoms with E-state index in [0.29, 0.717) is 23.6 Å². The van der Waals surface area contributed by atoms with Gasteiger partial charge < -0.3 is 10.1 Å². The molecule has 34 heavy (non-hydrogen) atoms. The smallest absolute Gasteiger partial charge is 0.330 e. The molecule has 1 atom stereocenters. The Bertz CT molecular complexity index is 1130. The normalized spacial score (nSPS) is 13.8. The zero-order valence-electron chi connectivity index (χ0n) is 18.4. The van der Waals surface area contributed by atoms with Gasteiger partial charge in [0.25, 0.3) is 17.7 Å². The van der Waals surface area contributed by atoms with Crippen LogP contribution < -0.4 is 5.32 Å². The molecule has 0 aliphatic carbocycles. The van der Waals surface area contributed by atoms with Gasteiger partial charge in [-0.3, -0.25) is 19.3 Å². The number of anilines is 1. The molecule has 1 aliphatic rings. The standard InChI is InChI=1S/C23H20Br4N2O5/c1-4-11-5-7-12(8-6-11)28-13(30)9-34-23(33)20(10(2)3)29-21(31)14-15(22(29)32)17(25)19(27)18(26)16(14)24/h5-8,10,20H,4,9H2,1-3H3,(H,28,30).